The quantitative estimate of drug-likeness (QED) is 0.405. The van der Waals surface area contributed by atoms with Crippen molar-refractivity contribution in [1.82, 2.24) is 14.8 Å². The van der Waals surface area contributed by atoms with Crippen LogP contribution in [0.5, 0.6) is 0 Å². The standard InChI is InChI=1S/C17H27N3O2.3C2HF3O2/c1-21-10-8-19-7-4-17(13-19)14-20(9-11-22-15-17)12-16-2-5-18-6-3-16;3*3-2(4,5)1(6)7/h2-3,5-6H,4,7-15H2,1H3;3*(H,6,7). The van der Waals surface area contributed by atoms with Crippen LogP contribution in [0.4, 0.5) is 39.5 Å². The molecule has 0 bridgehead atoms. The number of hydrogen-bond donors (Lipinski definition) is 3. The first-order valence-corrected chi connectivity index (χ1v) is 11.9. The number of carboxylic acid groups (broad SMARTS) is 3. The number of pyridine rings is 1. The third kappa shape index (κ3) is 17.5. The van der Waals surface area contributed by atoms with Crippen LogP contribution in [0.2, 0.25) is 0 Å². The zero-order valence-electron chi connectivity index (χ0n) is 22.5. The maximum absolute atomic E-state index is 10.6. The summed E-state index contributed by atoms with van der Waals surface area (Å²) in [5.41, 5.74) is 1.62. The maximum Gasteiger partial charge on any atom is 0.490 e. The lowest BCUT2D eigenvalue weighted by molar-refractivity contribution is -0.193. The number of ether oxygens (including phenoxy) is 2. The average Bonchev–Trinajstić information content (AvgIpc) is 3.16. The molecule has 2 saturated heterocycles. The van der Waals surface area contributed by atoms with Gasteiger partial charge < -0.3 is 29.7 Å². The minimum Gasteiger partial charge on any atom is -0.475 e. The number of alkyl halides is 9. The highest BCUT2D eigenvalue weighted by molar-refractivity contribution is 5.73. The summed E-state index contributed by atoms with van der Waals surface area (Å²) in [6, 6.07) is 4.22. The number of rotatable bonds is 5. The number of carbonyl (C=O) groups is 3. The molecule has 1 spiro atoms. The third-order valence-corrected chi connectivity index (χ3v) is 5.53. The first kappa shape index (κ1) is 39.8. The van der Waals surface area contributed by atoms with E-state index in [0.717, 1.165) is 59.1 Å². The van der Waals surface area contributed by atoms with E-state index in [4.69, 9.17) is 39.2 Å². The summed E-state index contributed by atoms with van der Waals surface area (Å²) in [5.74, 6) is -8.27. The molecule has 3 rings (SSSR count). The van der Waals surface area contributed by atoms with Crippen LogP contribution in [0, 0.1) is 5.41 Å². The molecule has 1 unspecified atom stereocenters. The summed E-state index contributed by atoms with van der Waals surface area (Å²) in [5, 5.41) is 21.4. The van der Waals surface area contributed by atoms with Gasteiger partial charge in [-0.25, -0.2) is 14.4 Å². The monoisotopic (exact) mass is 647 g/mol. The number of aromatic nitrogens is 1. The summed E-state index contributed by atoms with van der Waals surface area (Å²) in [7, 11) is 1.77. The smallest absolute Gasteiger partial charge is 0.475 e. The van der Waals surface area contributed by atoms with Gasteiger partial charge in [0.15, 0.2) is 0 Å². The van der Waals surface area contributed by atoms with Crippen molar-refractivity contribution in [3.63, 3.8) is 0 Å². The van der Waals surface area contributed by atoms with Crippen molar-refractivity contribution in [2.75, 3.05) is 59.7 Å². The van der Waals surface area contributed by atoms with Crippen LogP contribution >= 0.6 is 0 Å². The summed E-state index contributed by atoms with van der Waals surface area (Å²) in [6.07, 6.45) is -10.3. The van der Waals surface area contributed by atoms with Crippen molar-refractivity contribution < 1.29 is 78.7 Å². The summed E-state index contributed by atoms with van der Waals surface area (Å²) in [6.45, 7) is 9.00. The lowest BCUT2D eigenvalue weighted by Crippen LogP contribution is -2.40. The molecule has 0 saturated carbocycles. The zero-order chi connectivity index (χ0) is 33.5. The largest absolute Gasteiger partial charge is 0.490 e. The lowest BCUT2D eigenvalue weighted by Gasteiger charge is -2.32. The Labute approximate surface area is 238 Å². The van der Waals surface area contributed by atoms with Crippen LogP contribution in [0.3, 0.4) is 0 Å². The fourth-order valence-corrected chi connectivity index (χ4v) is 3.65. The van der Waals surface area contributed by atoms with Gasteiger partial charge in [-0.05, 0) is 30.7 Å². The first-order valence-electron chi connectivity index (χ1n) is 11.9. The molecular formula is C23H30F9N3O8. The Balaban J connectivity index is 0.000000690. The molecule has 2 aliphatic rings. The van der Waals surface area contributed by atoms with E-state index in [0.29, 0.717) is 0 Å². The molecule has 2 aliphatic heterocycles. The van der Waals surface area contributed by atoms with Gasteiger partial charge in [0, 0.05) is 57.6 Å². The third-order valence-electron chi connectivity index (χ3n) is 5.53. The molecule has 2 fully saturated rings. The van der Waals surface area contributed by atoms with E-state index in [-0.39, 0.29) is 5.41 Å². The van der Waals surface area contributed by atoms with Gasteiger partial charge in [-0.1, -0.05) is 0 Å². The van der Waals surface area contributed by atoms with Gasteiger partial charge in [-0.2, -0.15) is 39.5 Å². The normalized spacial score (nSPS) is 19.5. The molecule has 0 amide bonds. The molecule has 1 atom stereocenters. The van der Waals surface area contributed by atoms with Gasteiger partial charge in [0.1, 0.15) is 0 Å². The SMILES string of the molecule is COCCN1CCC2(COCCN(Cc3ccncc3)C2)C1.O=C(O)C(F)(F)F.O=C(O)C(F)(F)F.O=C(O)C(F)(F)F. The zero-order valence-corrected chi connectivity index (χ0v) is 22.5. The van der Waals surface area contributed by atoms with Crippen molar-refractivity contribution in [2.45, 2.75) is 31.5 Å². The molecule has 1 aromatic heterocycles. The summed E-state index contributed by atoms with van der Waals surface area (Å²) in [4.78, 5) is 35.9. The predicted octanol–water partition coefficient (Wildman–Crippen LogP) is 3.15. The second kappa shape index (κ2) is 17.8. The number of aliphatic carboxylic acids is 3. The van der Waals surface area contributed by atoms with Crippen molar-refractivity contribution >= 4 is 17.9 Å². The average molecular weight is 647 g/mol. The van der Waals surface area contributed by atoms with Gasteiger partial charge in [0.05, 0.1) is 19.8 Å². The number of hydrogen-bond acceptors (Lipinski definition) is 8. The number of nitrogens with zero attached hydrogens (tertiary/aromatic N) is 3. The first-order chi connectivity index (χ1) is 19.6. The van der Waals surface area contributed by atoms with Gasteiger partial charge in [-0.15, -0.1) is 0 Å². The van der Waals surface area contributed by atoms with Crippen LogP contribution in [-0.4, -0.2) is 126 Å². The number of likely N-dealkylation sites (tertiary alicyclic amines) is 1. The van der Waals surface area contributed by atoms with E-state index in [1.165, 1.54) is 12.0 Å². The van der Waals surface area contributed by atoms with Crippen molar-refractivity contribution in [2.24, 2.45) is 5.41 Å². The number of halogens is 9. The Morgan fingerprint density at radius 1 is 0.860 bits per heavy atom. The number of carboxylic acids is 3. The molecule has 0 radical (unpaired) electrons. The van der Waals surface area contributed by atoms with Crippen LogP contribution in [0.15, 0.2) is 24.5 Å². The Morgan fingerprint density at radius 2 is 1.30 bits per heavy atom. The summed E-state index contributed by atoms with van der Waals surface area (Å²) < 4.78 is 106. The molecule has 1 aromatic rings. The van der Waals surface area contributed by atoms with Crippen LogP contribution in [-0.2, 0) is 30.4 Å². The van der Waals surface area contributed by atoms with Crippen LogP contribution in [0.1, 0.15) is 12.0 Å². The Hall–Kier alpha value is -3.23. The molecule has 11 nitrogen and oxygen atoms in total. The molecule has 20 heteroatoms. The highest BCUT2D eigenvalue weighted by Crippen LogP contribution is 2.33. The maximum atomic E-state index is 10.6. The lowest BCUT2D eigenvalue weighted by atomic mass is 9.87. The highest BCUT2D eigenvalue weighted by atomic mass is 19.4. The van der Waals surface area contributed by atoms with Gasteiger partial charge in [0.25, 0.3) is 0 Å². The van der Waals surface area contributed by atoms with Gasteiger partial charge in [0.2, 0.25) is 0 Å². The van der Waals surface area contributed by atoms with Gasteiger partial charge >= 0.3 is 36.4 Å². The molecular weight excluding hydrogens is 617 g/mol. The number of methoxy groups -OCH3 is 1. The molecule has 3 heterocycles. The molecule has 3 N–H and O–H groups in total. The Morgan fingerprint density at radius 3 is 1.72 bits per heavy atom. The van der Waals surface area contributed by atoms with Crippen molar-refractivity contribution in [1.29, 1.82) is 0 Å². The molecule has 0 aromatic carbocycles. The molecule has 0 aliphatic carbocycles. The van der Waals surface area contributed by atoms with E-state index >= 15 is 0 Å². The second-order valence-electron chi connectivity index (χ2n) is 9.05. The minimum absolute atomic E-state index is 0.289. The molecule has 43 heavy (non-hydrogen) atoms. The van der Waals surface area contributed by atoms with Crippen LogP contribution in [0.25, 0.3) is 0 Å². The second-order valence-corrected chi connectivity index (χ2v) is 9.05. The molecule has 248 valence electrons. The van der Waals surface area contributed by atoms with E-state index in [2.05, 4.69) is 26.9 Å². The topological polar surface area (TPSA) is 150 Å². The highest BCUT2D eigenvalue weighted by Gasteiger charge is 2.41. The minimum atomic E-state index is -5.08. The van der Waals surface area contributed by atoms with E-state index in [9.17, 15) is 39.5 Å². The van der Waals surface area contributed by atoms with E-state index in [1.807, 2.05) is 12.4 Å². The summed E-state index contributed by atoms with van der Waals surface area (Å²) >= 11 is 0. The fourth-order valence-electron chi connectivity index (χ4n) is 3.65. The van der Waals surface area contributed by atoms with Gasteiger partial charge in [-0.3, -0.25) is 9.88 Å². The van der Waals surface area contributed by atoms with Crippen molar-refractivity contribution in [3.8, 4) is 0 Å². The van der Waals surface area contributed by atoms with Crippen LogP contribution < -0.4 is 0 Å². The Kier molecular flexibility index (Phi) is 16.4. The Bertz CT molecular complexity index is 938. The van der Waals surface area contributed by atoms with E-state index in [1.54, 1.807) is 7.11 Å². The van der Waals surface area contributed by atoms with Crippen molar-refractivity contribution in [3.05, 3.63) is 30.1 Å². The fraction of sp³-hybridized carbons (Fsp3) is 0.652. The predicted molar refractivity (Wildman–Crippen MR) is 127 cm³/mol. The van der Waals surface area contributed by atoms with E-state index < -0.39 is 36.4 Å².